The Morgan fingerprint density at radius 1 is 1.38 bits per heavy atom. The lowest BCUT2D eigenvalue weighted by molar-refractivity contribution is -0.158. The minimum absolute atomic E-state index is 0.181. The number of fused-ring (bicyclic) bond motifs is 6. The first kappa shape index (κ1) is 18.3. The van der Waals surface area contributed by atoms with E-state index in [0.29, 0.717) is 15.1 Å². The van der Waals surface area contributed by atoms with E-state index < -0.39 is 23.7 Å². The number of nitrogens with zero attached hydrogens (tertiary/aromatic N) is 3. The molecule has 3 aromatic rings. The van der Waals surface area contributed by atoms with Crippen LogP contribution in [0.15, 0.2) is 39.6 Å². The number of para-hydroxylation sites is 1. The molecule has 2 aliphatic rings. The van der Waals surface area contributed by atoms with E-state index >= 15 is 0 Å². The third-order valence-electron chi connectivity index (χ3n) is 5.38. The molecule has 0 saturated heterocycles. The predicted octanol–water partition coefficient (Wildman–Crippen LogP) is 1.62. The maximum Gasteiger partial charge on any atom is 0.317 e. The molecule has 7 nitrogen and oxygen atoms in total. The van der Waals surface area contributed by atoms with E-state index in [9.17, 15) is 9.59 Å². The number of aryl methyl sites for hydroxylation is 1. The van der Waals surface area contributed by atoms with Gasteiger partial charge in [-0.3, -0.25) is 14.2 Å². The standard InChI is InChI=1S/C20H17N3O4S2/c1-10-13(28-9-21-10)8-14-17(24)23-16-11-6-4-5-7-12(11)27-20(2,22-19(23)29-14)15(16)18(25)26-3/h4-9,15-16H,1-3H3. The van der Waals surface area contributed by atoms with Crippen molar-refractivity contribution in [3.63, 3.8) is 0 Å². The second-order valence-electron chi connectivity index (χ2n) is 7.12. The van der Waals surface area contributed by atoms with Gasteiger partial charge in [0.1, 0.15) is 11.7 Å². The number of rotatable bonds is 2. The Labute approximate surface area is 173 Å². The zero-order valence-corrected chi connectivity index (χ0v) is 17.5. The molecule has 9 heteroatoms. The van der Waals surface area contributed by atoms with Crippen LogP contribution in [0.25, 0.3) is 6.08 Å². The normalized spacial score (nSPS) is 24.9. The SMILES string of the molecule is COC(=O)C1C2c3ccccc3OC1(C)N=c1sc(=Cc3scnc3C)c(=O)n12. The summed E-state index contributed by atoms with van der Waals surface area (Å²) in [5, 5.41) is 0. The van der Waals surface area contributed by atoms with E-state index in [0.717, 1.165) is 16.1 Å². The van der Waals surface area contributed by atoms with Gasteiger partial charge in [0.15, 0.2) is 4.80 Å². The molecule has 0 aliphatic carbocycles. The van der Waals surface area contributed by atoms with E-state index in [1.807, 2.05) is 37.3 Å². The molecule has 148 valence electrons. The average molecular weight is 428 g/mol. The zero-order valence-electron chi connectivity index (χ0n) is 15.9. The third kappa shape index (κ3) is 2.61. The second-order valence-corrected chi connectivity index (χ2v) is 9.02. The van der Waals surface area contributed by atoms with Gasteiger partial charge in [0.2, 0.25) is 5.72 Å². The van der Waals surface area contributed by atoms with Crippen molar-refractivity contribution in [1.29, 1.82) is 0 Å². The molecule has 2 bridgehead atoms. The first-order chi connectivity index (χ1) is 13.9. The van der Waals surface area contributed by atoms with Crippen molar-refractivity contribution in [3.8, 4) is 5.75 Å². The Kier molecular flexibility index (Phi) is 4.01. The highest BCUT2D eigenvalue weighted by Crippen LogP contribution is 2.47. The van der Waals surface area contributed by atoms with Gasteiger partial charge < -0.3 is 9.47 Å². The first-order valence-electron chi connectivity index (χ1n) is 9.02. The van der Waals surface area contributed by atoms with Gasteiger partial charge in [-0.2, -0.15) is 0 Å². The minimum atomic E-state index is -1.15. The number of carbonyl (C=O) groups excluding carboxylic acids is 1. The van der Waals surface area contributed by atoms with Crippen molar-refractivity contribution in [2.45, 2.75) is 25.6 Å². The molecule has 0 saturated carbocycles. The van der Waals surface area contributed by atoms with Crippen LogP contribution in [0.1, 0.15) is 29.1 Å². The van der Waals surface area contributed by atoms with E-state index in [4.69, 9.17) is 14.5 Å². The molecule has 4 heterocycles. The van der Waals surface area contributed by atoms with Gasteiger partial charge in [-0.15, -0.1) is 11.3 Å². The van der Waals surface area contributed by atoms with Gasteiger partial charge in [0.25, 0.3) is 5.56 Å². The lowest BCUT2D eigenvalue weighted by Gasteiger charge is -2.44. The summed E-state index contributed by atoms with van der Waals surface area (Å²) in [6.45, 7) is 3.67. The number of methoxy groups -OCH3 is 1. The van der Waals surface area contributed by atoms with Crippen LogP contribution in [0.5, 0.6) is 5.75 Å². The molecular formula is C20H17N3O4S2. The summed E-state index contributed by atoms with van der Waals surface area (Å²) in [6.07, 6.45) is 1.84. The predicted molar refractivity (Wildman–Crippen MR) is 109 cm³/mol. The minimum Gasteiger partial charge on any atom is -0.469 e. The largest absolute Gasteiger partial charge is 0.469 e. The van der Waals surface area contributed by atoms with Crippen LogP contribution < -0.4 is 19.6 Å². The van der Waals surface area contributed by atoms with E-state index in [1.165, 1.54) is 29.8 Å². The van der Waals surface area contributed by atoms with Crippen LogP contribution in [-0.2, 0) is 9.53 Å². The van der Waals surface area contributed by atoms with Crippen LogP contribution in [0.2, 0.25) is 0 Å². The molecule has 5 rings (SSSR count). The number of thiazole rings is 2. The zero-order chi connectivity index (χ0) is 20.3. The van der Waals surface area contributed by atoms with Gasteiger partial charge in [0.05, 0.1) is 33.8 Å². The lowest BCUT2D eigenvalue weighted by atomic mass is 9.81. The number of hydrogen-bond donors (Lipinski definition) is 0. The van der Waals surface area contributed by atoms with Crippen LogP contribution in [0.3, 0.4) is 0 Å². The number of carbonyl (C=O) groups is 1. The summed E-state index contributed by atoms with van der Waals surface area (Å²) >= 11 is 2.77. The summed E-state index contributed by atoms with van der Waals surface area (Å²) in [5.41, 5.74) is 2.06. The maximum atomic E-state index is 13.4. The highest BCUT2D eigenvalue weighted by molar-refractivity contribution is 7.11. The molecule has 0 radical (unpaired) electrons. The molecule has 1 aromatic carbocycles. The highest BCUT2D eigenvalue weighted by Gasteiger charge is 2.55. The summed E-state index contributed by atoms with van der Waals surface area (Å²) < 4.78 is 13.4. The second kappa shape index (κ2) is 6.36. The maximum absolute atomic E-state index is 13.4. The number of aromatic nitrogens is 2. The van der Waals surface area contributed by atoms with Crippen LogP contribution >= 0.6 is 22.7 Å². The fraction of sp³-hybridized carbons (Fsp3) is 0.300. The van der Waals surface area contributed by atoms with Gasteiger partial charge in [-0.25, -0.2) is 9.98 Å². The van der Waals surface area contributed by atoms with Crippen molar-refractivity contribution < 1.29 is 14.3 Å². The molecular weight excluding hydrogens is 410 g/mol. The van der Waals surface area contributed by atoms with Crippen LogP contribution in [0, 0.1) is 12.8 Å². The lowest BCUT2D eigenvalue weighted by Crippen LogP contribution is -2.58. The Morgan fingerprint density at radius 3 is 2.90 bits per heavy atom. The smallest absolute Gasteiger partial charge is 0.317 e. The molecule has 3 atom stereocenters. The molecule has 0 fully saturated rings. The van der Waals surface area contributed by atoms with Crippen molar-refractivity contribution in [2.24, 2.45) is 10.9 Å². The monoisotopic (exact) mass is 427 g/mol. The highest BCUT2D eigenvalue weighted by atomic mass is 32.1. The Hall–Kier alpha value is -2.78. The summed E-state index contributed by atoms with van der Waals surface area (Å²) in [6, 6.07) is 6.90. The van der Waals surface area contributed by atoms with Crippen LogP contribution in [-0.4, -0.2) is 28.4 Å². The van der Waals surface area contributed by atoms with Gasteiger partial charge in [0, 0.05) is 5.56 Å². The van der Waals surface area contributed by atoms with Crippen LogP contribution in [0.4, 0.5) is 0 Å². The Bertz CT molecular complexity index is 1320. The number of ether oxygens (including phenoxy) is 2. The van der Waals surface area contributed by atoms with E-state index in [1.54, 1.807) is 17.0 Å². The third-order valence-corrected chi connectivity index (χ3v) is 7.24. The first-order valence-corrected chi connectivity index (χ1v) is 10.7. The quantitative estimate of drug-likeness (QED) is 0.581. The van der Waals surface area contributed by atoms with Gasteiger partial charge >= 0.3 is 5.97 Å². The molecule has 3 unspecified atom stereocenters. The van der Waals surface area contributed by atoms with Crippen molar-refractivity contribution in [3.05, 3.63) is 65.6 Å². The Morgan fingerprint density at radius 2 is 2.17 bits per heavy atom. The topological polar surface area (TPSA) is 82.8 Å². The Balaban J connectivity index is 1.82. The number of benzene rings is 1. The van der Waals surface area contributed by atoms with E-state index in [2.05, 4.69) is 4.98 Å². The summed E-state index contributed by atoms with van der Waals surface area (Å²) in [7, 11) is 1.34. The number of esters is 1. The molecule has 0 amide bonds. The fourth-order valence-electron chi connectivity index (χ4n) is 4.00. The average Bonchev–Trinajstić information content (AvgIpc) is 3.23. The molecule has 2 aliphatic heterocycles. The summed E-state index contributed by atoms with van der Waals surface area (Å²) in [4.78, 5) is 36.5. The molecule has 0 spiro atoms. The molecule has 0 N–H and O–H groups in total. The van der Waals surface area contributed by atoms with Gasteiger partial charge in [-0.1, -0.05) is 29.5 Å². The molecule has 2 aromatic heterocycles. The van der Waals surface area contributed by atoms with Crippen molar-refractivity contribution in [2.75, 3.05) is 7.11 Å². The van der Waals surface area contributed by atoms with Crippen molar-refractivity contribution in [1.82, 2.24) is 9.55 Å². The number of hydrogen-bond acceptors (Lipinski definition) is 8. The van der Waals surface area contributed by atoms with E-state index in [-0.39, 0.29) is 5.56 Å². The summed E-state index contributed by atoms with van der Waals surface area (Å²) in [5.74, 6) is -0.597. The fourth-order valence-corrected chi connectivity index (χ4v) is 5.89. The van der Waals surface area contributed by atoms with Crippen molar-refractivity contribution >= 4 is 34.7 Å². The van der Waals surface area contributed by atoms with Gasteiger partial charge in [-0.05, 0) is 26.0 Å². The molecule has 29 heavy (non-hydrogen) atoms.